The molecule has 17 heavy (non-hydrogen) atoms. The molecule has 0 aromatic heterocycles. The number of phenolic OH excluding ortho intramolecular Hbond substituents is 1. The molecule has 0 unspecified atom stereocenters. The van der Waals surface area contributed by atoms with Crippen molar-refractivity contribution < 1.29 is 10.0 Å². The zero-order chi connectivity index (χ0) is 13.0. The molecule has 9 heteroatoms. The molecule has 0 aliphatic carbocycles. The molecule has 0 aliphatic heterocycles. The Labute approximate surface area is 100 Å². The summed E-state index contributed by atoms with van der Waals surface area (Å²) < 4.78 is 0. The third-order valence-electron chi connectivity index (χ3n) is 1.65. The lowest BCUT2D eigenvalue weighted by molar-refractivity contribution is -0.385. The molecule has 0 aliphatic rings. The molecule has 1 rings (SSSR count). The average molecular weight is 258 g/mol. The Bertz CT molecular complexity index is 510. The molecule has 0 amide bonds. The quantitative estimate of drug-likeness (QED) is 0.314. The summed E-state index contributed by atoms with van der Waals surface area (Å²) in [5.41, 5.74) is 9.55. The Morgan fingerprint density at radius 1 is 1.53 bits per heavy atom. The van der Waals surface area contributed by atoms with Gasteiger partial charge in [-0.1, -0.05) is 11.6 Å². The molecular weight excluding hydrogens is 250 g/mol. The summed E-state index contributed by atoms with van der Waals surface area (Å²) in [4.78, 5) is 9.82. The Kier molecular flexibility index (Phi) is 3.83. The van der Waals surface area contributed by atoms with Crippen LogP contribution in [0, 0.1) is 10.1 Å². The van der Waals surface area contributed by atoms with Gasteiger partial charge in [-0.15, -0.1) is 5.10 Å². The highest BCUT2D eigenvalue weighted by Gasteiger charge is 2.17. The number of hydrogen-bond acceptors (Lipinski definition) is 5. The van der Waals surface area contributed by atoms with Gasteiger partial charge in [0.05, 0.1) is 11.1 Å². The molecule has 1 aromatic rings. The minimum absolute atomic E-state index is 0.0363. The van der Waals surface area contributed by atoms with E-state index in [1.165, 1.54) is 6.07 Å². The fourth-order valence-electron chi connectivity index (χ4n) is 1.00. The van der Waals surface area contributed by atoms with Gasteiger partial charge in [0.25, 0.3) is 0 Å². The number of halogens is 1. The number of nitro groups is 1. The molecule has 0 saturated carbocycles. The first-order chi connectivity index (χ1) is 7.91. The van der Waals surface area contributed by atoms with E-state index in [4.69, 9.17) is 23.1 Å². The summed E-state index contributed by atoms with van der Waals surface area (Å²) in [5.74, 6) is -0.841. The van der Waals surface area contributed by atoms with Crippen LogP contribution in [0.5, 0.6) is 5.75 Å². The van der Waals surface area contributed by atoms with Crippen molar-refractivity contribution in [3.63, 3.8) is 0 Å². The maximum atomic E-state index is 10.6. The van der Waals surface area contributed by atoms with E-state index < -0.39 is 16.4 Å². The lowest BCUT2D eigenvalue weighted by Gasteiger charge is -2.00. The number of benzene rings is 1. The van der Waals surface area contributed by atoms with Crippen LogP contribution < -0.4 is 11.5 Å². The van der Waals surface area contributed by atoms with Crippen LogP contribution >= 0.6 is 11.6 Å². The normalized spacial score (nSPS) is 10.4. The van der Waals surface area contributed by atoms with Crippen LogP contribution in [-0.2, 0) is 0 Å². The van der Waals surface area contributed by atoms with Gasteiger partial charge in [-0.2, -0.15) is 5.10 Å². The summed E-state index contributed by atoms with van der Waals surface area (Å²) in [6.07, 6.45) is 1.05. The smallest absolute Gasteiger partial charge is 0.312 e. The lowest BCUT2D eigenvalue weighted by Crippen LogP contribution is -2.21. The van der Waals surface area contributed by atoms with Gasteiger partial charge in [0.1, 0.15) is 0 Å². The summed E-state index contributed by atoms with van der Waals surface area (Å²) >= 11 is 5.65. The lowest BCUT2D eigenvalue weighted by atomic mass is 10.2. The summed E-state index contributed by atoms with van der Waals surface area (Å²) in [7, 11) is 0. The number of phenols is 1. The summed E-state index contributed by atoms with van der Waals surface area (Å²) in [5, 5.41) is 26.9. The second kappa shape index (κ2) is 5.12. The number of nitrogens with zero attached hydrogens (tertiary/aromatic N) is 3. The predicted molar refractivity (Wildman–Crippen MR) is 63.2 cm³/mol. The molecule has 5 N–H and O–H groups in total. The molecule has 0 saturated heterocycles. The molecule has 8 nitrogen and oxygen atoms in total. The van der Waals surface area contributed by atoms with Gasteiger partial charge in [-0.3, -0.25) is 10.1 Å². The SMILES string of the molecule is NC(N)=NN=Cc1cc(Cl)cc([N+](=O)[O-])c1O. The largest absolute Gasteiger partial charge is 0.502 e. The maximum Gasteiger partial charge on any atom is 0.312 e. The number of rotatable bonds is 3. The van der Waals surface area contributed by atoms with E-state index in [0.717, 1.165) is 12.3 Å². The van der Waals surface area contributed by atoms with E-state index in [0.29, 0.717) is 0 Å². The maximum absolute atomic E-state index is 10.6. The minimum atomic E-state index is -0.765. The van der Waals surface area contributed by atoms with Crippen molar-refractivity contribution in [2.45, 2.75) is 0 Å². The Hall–Kier alpha value is -2.35. The second-order valence-electron chi connectivity index (χ2n) is 2.89. The predicted octanol–water partition coefficient (Wildman–Crippen LogP) is 0.561. The highest BCUT2D eigenvalue weighted by molar-refractivity contribution is 6.31. The molecular formula is C8H8ClN5O3. The first-order valence-electron chi connectivity index (χ1n) is 4.20. The van der Waals surface area contributed by atoms with Crippen LogP contribution in [0.2, 0.25) is 5.02 Å². The van der Waals surface area contributed by atoms with Crippen LogP contribution in [-0.4, -0.2) is 22.2 Å². The molecule has 0 heterocycles. The monoisotopic (exact) mass is 257 g/mol. The number of aromatic hydroxyl groups is 1. The molecule has 0 fully saturated rings. The van der Waals surface area contributed by atoms with Crippen molar-refractivity contribution in [1.82, 2.24) is 0 Å². The minimum Gasteiger partial charge on any atom is -0.502 e. The van der Waals surface area contributed by atoms with Crippen molar-refractivity contribution in [3.8, 4) is 5.75 Å². The van der Waals surface area contributed by atoms with Gasteiger partial charge in [0.15, 0.2) is 0 Å². The molecule has 0 spiro atoms. The Morgan fingerprint density at radius 2 is 2.18 bits per heavy atom. The van der Waals surface area contributed by atoms with Gasteiger partial charge in [0.2, 0.25) is 11.7 Å². The van der Waals surface area contributed by atoms with E-state index >= 15 is 0 Å². The molecule has 0 atom stereocenters. The van der Waals surface area contributed by atoms with Crippen molar-refractivity contribution in [2.75, 3.05) is 0 Å². The van der Waals surface area contributed by atoms with Crippen molar-refractivity contribution in [1.29, 1.82) is 0 Å². The fourth-order valence-corrected chi connectivity index (χ4v) is 1.22. The van der Waals surface area contributed by atoms with Gasteiger partial charge in [-0.05, 0) is 6.07 Å². The van der Waals surface area contributed by atoms with Gasteiger partial charge >= 0.3 is 5.69 Å². The summed E-state index contributed by atoms with van der Waals surface area (Å²) in [6.45, 7) is 0. The average Bonchev–Trinajstić information content (AvgIpc) is 2.21. The Morgan fingerprint density at radius 3 is 2.71 bits per heavy atom. The van der Waals surface area contributed by atoms with Crippen molar-refractivity contribution >= 4 is 29.5 Å². The second-order valence-corrected chi connectivity index (χ2v) is 3.33. The van der Waals surface area contributed by atoms with Crippen molar-refractivity contribution in [2.24, 2.45) is 21.7 Å². The molecule has 0 radical (unpaired) electrons. The third-order valence-corrected chi connectivity index (χ3v) is 1.87. The van der Waals surface area contributed by atoms with E-state index in [1.807, 2.05) is 0 Å². The number of hydrogen-bond donors (Lipinski definition) is 3. The molecule has 90 valence electrons. The van der Waals surface area contributed by atoms with Gasteiger partial charge < -0.3 is 16.6 Å². The highest BCUT2D eigenvalue weighted by Crippen LogP contribution is 2.32. The van der Waals surface area contributed by atoms with E-state index in [1.54, 1.807) is 0 Å². The van der Waals surface area contributed by atoms with Gasteiger partial charge in [0, 0.05) is 16.7 Å². The standard InChI is InChI=1S/C8H8ClN5O3/c9-5-1-4(3-12-13-8(10)11)7(15)6(2-5)14(16)17/h1-3,15H,(H4,10,11,13). The first kappa shape index (κ1) is 12.7. The van der Waals surface area contributed by atoms with E-state index in [2.05, 4.69) is 10.2 Å². The van der Waals surface area contributed by atoms with E-state index in [9.17, 15) is 15.2 Å². The Balaban J connectivity index is 3.21. The molecule has 0 bridgehead atoms. The number of nitrogens with two attached hydrogens (primary N) is 2. The van der Waals surface area contributed by atoms with Crippen LogP contribution in [0.25, 0.3) is 0 Å². The first-order valence-corrected chi connectivity index (χ1v) is 4.58. The number of nitro benzene ring substituents is 1. The molecule has 1 aromatic carbocycles. The summed E-state index contributed by atoms with van der Waals surface area (Å²) in [6, 6.07) is 2.31. The van der Waals surface area contributed by atoms with Crippen LogP contribution in [0.15, 0.2) is 22.3 Å². The van der Waals surface area contributed by atoms with Gasteiger partial charge in [-0.25, -0.2) is 0 Å². The van der Waals surface area contributed by atoms with Crippen LogP contribution in [0.4, 0.5) is 5.69 Å². The zero-order valence-electron chi connectivity index (χ0n) is 8.37. The van der Waals surface area contributed by atoms with Crippen LogP contribution in [0.1, 0.15) is 5.56 Å². The zero-order valence-corrected chi connectivity index (χ0v) is 9.13. The highest BCUT2D eigenvalue weighted by atomic mass is 35.5. The third kappa shape index (κ3) is 3.31. The fraction of sp³-hybridized carbons (Fsp3) is 0. The number of guanidine groups is 1. The van der Waals surface area contributed by atoms with Crippen molar-refractivity contribution in [3.05, 3.63) is 32.8 Å². The van der Waals surface area contributed by atoms with Crippen LogP contribution in [0.3, 0.4) is 0 Å². The van der Waals surface area contributed by atoms with E-state index in [-0.39, 0.29) is 16.5 Å². The topological polar surface area (TPSA) is 140 Å².